The van der Waals surface area contributed by atoms with Crippen molar-refractivity contribution < 1.29 is 14.3 Å². The highest BCUT2D eigenvalue weighted by Gasteiger charge is 2.27. The molecule has 86 valence electrons. The summed E-state index contributed by atoms with van der Waals surface area (Å²) in [7, 11) is 1.60. The third-order valence-electron chi connectivity index (χ3n) is 2.84. The predicted octanol–water partition coefficient (Wildman–Crippen LogP) is 2.06. The number of carbonyl (C=O) groups is 1. The van der Waals surface area contributed by atoms with E-state index in [-0.39, 0.29) is 11.9 Å². The van der Waals surface area contributed by atoms with Crippen molar-refractivity contribution in [1.29, 1.82) is 0 Å². The molecule has 1 aromatic carbocycles. The van der Waals surface area contributed by atoms with E-state index in [2.05, 4.69) is 4.99 Å². The lowest BCUT2D eigenvalue weighted by Gasteiger charge is -2.26. The fraction of sp³-hybridized carbons (Fsp3) is 0.231. The van der Waals surface area contributed by atoms with E-state index in [0.29, 0.717) is 12.2 Å². The molecule has 1 heterocycles. The van der Waals surface area contributed by atoms with Crippen LogP contribution in [0, 0.1) is 0 Å². The van der Waals surface area contributed by atoms with Crippen LogP contribution in [0.1, 0.15) is 6.42 Å². The van der Waals surface area contributed by atoms with Gasteiger partial charge in [0.2, 0.25) is 0 Å². The molecule has 0 saturated carbocycles. The zero-order valence-electron chi connectivity index (χ0n) is 9.34. The molecule has 1 atom stereocenters. The van der Waals surface area contributed by atoms with Crippen molar-refractivity contribution in [2.24, 2.45) is 4.99 Å². The fourth-order valence-corrected chi connectivity index (χ4v) is 1.95. The fourth-order valence-electron chi connectivity index (χ4n) is 1.95. The minimum atomic E-state index is -0.257. The second-order valence-corrected chi connectivity index (χ2v) is 3.98. The van der Waals surface area contributed by atoms with Crippen molar-refractivity contribution in [3.8, 4) is 11.5 Å². The van der Waals surface area contributed by atoms with Gasteiger partial charge in [0.25, 0.3) is 0 Å². The minimum absolute atomic E-state index is 0.0697. The molecule has 0 radical (unpaired) electrons. The summed E-state index contributed by atoms with van der Waals surface area (Å²) >= 11 is 0. The molecule has 4 nitrogen and oxygen atoms in total. The Morgan fingerprint density at radius 1 is 1.41 bits per heavy atom. The van der Waals surface area contributed by atoms with Gasteiger partial charge in [-0.15, -0.1) is 0 Å². The zero-order valence-corrected chi connectivity index (χ0v) is 9.34. The van der Waals surface area contributed by atoms with E-state index in [1.54, 1.807) is 25.3 Å². The lowest BCUT2D eigenvalue weighted by molar-refractivity contribution is -0.115. The maximum absolute atomic E-state index is 11.3. The quantitative estimate of drug-likeness (QED) is 0.740. The van der Waals surface area contributed by atoms with Gasteiger partial charge in [-0.3, -0.25) is 4.79 Å². The van der Waals surface area contributed by atoms with E-state index in [0.717, 1.165) is 17.1 Å². The molecule has 4 heteroatoms. The summed E-state index contributed by atoms with van der Waals surface area (Å²) in [6.45, 7) is 0. The van der Waals surface area contributed by atoms with Crippen LogP contribution < -0.4 is 9.47 Å². The molecule has 0 saturated heterocycles. The molecule has 1 aliphatic carbocycles. The Bertz CT molecular complexity index is 546. The third-order valence-corrected chi connectivity index (χ3v) is 2.84. The second-order valence-electron chi connectivity index (χ2n) is 3.98. The Balaban J connectivity index is 2.03. The van der Waals surface area contributed by atoms with Crippen LogP contribution in [0.5, 0.6) is 11.5 Å². The molecule has 2 aliphatic rings. The molecule has 0 spiro atoms. The molecular formula is C13H11NO3. The molecule has 3 rings (SSSR count). The molecule has 17 heavy (non-hydrogen) atoms. The standard InChI is InChI=1S/C13H11NO3/c1-16-9-3-5-11-13(7-9)17-12-6-8(15)2-4-10(12)14-11/h2-5,7,12H,6H2,1H3. The van der Waals surface area contributed by atoms with Crippen LogP contribution in [0.3, 0.4) is 0 Å². The maximum atomic E-state index is 11.3. The van der Waals surface area contributed by atoms with Gasteiger partial charge in [0.1, 0.15) is 23.3 Å². The number of benzene rings is 1. The highest BCUT2D eigenvalue weighted by atomic mass is 16.5. The van der Waals surface area contributed by atoms with Gasteiger partial charge in [-0.25, -0.2) is 4.99 Å². The van der Waals surface area contributed by atoms with Crippen molar-refractivity contribution in [3.05, 3.63) is 30.4 Å². The zero-order chi connectivity index (χ0) is 11.8. The Kier molecular flexibility index (Phi) is 2.21. The van der Waals surface area contributed by atoms with Gasteiger partial charge in [0.15, 0.2) is 5.78 Å². The van der Waals surface area contributed by atoms with E-state index in [9.17, 15) is 4.79 Å². The van der Waals surface area contributed by atoms with Crippen molar-refractivity contribution >= 4 is 17.2 Å². The van der Waals surface area contributed by atoms with Crippen molar-refractivity contribution in [2.45, 2.75) is 12.5 Å². The average Bonchev–Trinajstić information content (AvgIpc) is 2.35. The number of hydrogen-bond acceptors (Lipinski definition) is 4. The van der Waals surface area contributed by atoms with E-state index in [1.807, 2.05) is 12.1 Å². The van der Waals surface area contributed by atoms with Gasteiger partial charge < -0.3 is 9.47 Å². The number of carbonyl (C=O) groups excluding carboxylic acids is 1. The van der Waals surface area contributed by atoms with Crippen molar-refractivity contribution in [2.75, 3.05) is 7.11 Å². The van der Waals surface area contributed by atoms with Gasteiger partial charge >= 0.3 is 0 Å². The number of methoxy groups -OCH3 is 1. The molecule has 1 aromatic rings. The Morgan fingerprint density at radius 3 is 3.12 bits per heavy atom. The number of fused-ring (bicyclic) bond motifs is 2. The summed E-state index contributed by atoms with van der Waals surface area (Å²) in [6.07, 6.45) is 3.37. The van der Waals surface area contributed by atoms with E-state index in [4.69, 9.17) is 9.47 Å². The summed E-state index contributed by atoms with van der Waals surface area (Å²) in [5, 5.41) is 0. The smallest absolute Gasteiger partial charge is 0.159 e. The third kappa shape index (κ3) is 1.71. The van der Waals surface area contributed by atoms with Gasteiger partial charge in [-0.1, -0.05) is 0 Å². The molecule has 0 bridgehead atoms. The molecule has 0 amide bonds. The van der Waals surface area contributed by atoms with Crippen LogP contribution in [0.15, 0.2) is 35.3 Å². The Morgan fingerprint density at radius 2 is 2.29 bits per heavy atom. The highest BCUT2D eigenvalue weighted by Crippen LogP contribution is 2.37. The first kappa shape index (κ1) is 10.1. The molecule has 0 N–H and O–H groups in total. The summed E-state index contributed by atoms with van der Waals surface area (Å²) in [5.74, 6) is 1.46. The number of allylic oxidation sites excluding steroid dienone is 1. The second kappa shape index (κ2) is 3.73. The topological polar surface area (TPSA) is 47.9 Å². The van der Waals surface area contributed by atoms with E-state index in [1.165, 1.54) is 0 Å². The molecule has 1 aliphatic heterocycles. The largest absolute Gasteiger partial charge is 0.497 e. The average molecular weight is 229 g/mol. The van der Waals surface area contributed by atoms with Gasteiger partial charge in [0.05, 0.1) is 19.2 Å². The van der Waals surface area contributed by atoms with Gasteiger partial charge in [-0.05, 0) is 24.3 Å². The van der Waals surface area contributed by atoms with Gasteiger partial charge in [0, 0.05) is 6.07 Å². The van der Waals surface area contributed by atoms with Crippen LogP contribution in [-0.2, 0) is 4.79 Å². The normalized spacial score (nSPS) is 21.1. The maximum Gasteiger partial charge on any atom is 0.159 e. The monoisotopic (exact) mass is 229 g/mol. The lowest BCUT2D eigenvalue weighted by atomic mass is 10.00. The number of ether oxygens (including phenoxy) is 2. The summed E-state index contributed by atoms with van der Waals surface area (Å²) in [6, 6.07) is 5.48. The molecule has 1 unspecified atom stereocenters. The van der Waals surface area contributed by atoms with Crippen LogP contribution in [0.4, 0.5) is 5.69 Å². The molecular weight excluding hydrogens is 218 g/mol. The van der Waals surface area contributed by atoms with Crippen LogP contribution in [0.25, 0.3) is 0 Å². The van der Waals surface area contributed by atoms with Crippen LogP contribution >= 0.6 is 0 Å². The van der Waals surface area contributed by atoms with Crippen LogP contribution in [-0.4, -0.2) is 24.7 Å². The van der Waals surface area contributed by atoms with E-state index >= 15 is 0 Å². The number of aliphatic imine (C=N–C) groups is 1. The first-order valence-corrected chi connectivity index (χ1v) is 5.40. The predicted molar refractivity (Wildman–Crippen MR) is 63.3 cm³/mol. The molecule has 0 fully saturated rings. The van der Waals surface area contributed by atoms with Gasteiger partial charge in [-0.2, -0.15) is 0 Å². The van der Waals surface area contributed by atoms with Crippen molar-refractivity contribution in [1.82, 2.24) is 0 Å². The van der Waals surface area contributed by atoms with Crippen LogP contribution in [0.2, 0.25) is 0 Å². The number of rotatable bonds is 1. The van der Waals surface area contributed by atoms with Crippen molar-refractivity contribution in [3.63, 3.8) is 0 Å². The highest BCUT2D eigenvalue weighted by molar-refractivity contribution is 6.11. The van der Waals surface area contributed by atoms with E-state index < -0.39 is 0 Å². The first-order chi connectivity index (χ1) is 8.26. The number of ketones is 1. The lowest BCUT2D eigenvalue weighted by Crippen LogP contribution is -2.33. The number of hydrogen-bond donors (Lipinski definition) is 0. The Labute approximate surface area is 98.6 Å². The minimum Gasteiger partial charge on any atom is -0.497 e. The number of nitrogens with zero attached hydrogens (tertiary/aromatic N) is 1. The first-order valence-electron chi connectivity index (χ1n) is 5.40. The Hall–Kier alpha value is -2.10. The SMILES string of the molecule is COc1ccc2c(c1)OC1CC(=O)C=CC1=N2. The summed E-state index contributed by atoms with van der Waals surface area (Å²) in [4.78, 5) is 15.8. The molecule has 0 aromatic heterocycles. The summed E-state index contributed by atoms with van der Waals surface area (Å²) in [5.41, 5.74) is 1.58. The summed E-state index contributed by atoms with van der Waals surface area (Å²) < 4.78 is 10.9.